The van der Waals surface area contributed by atoms with E-state index in [1.165, 1.54) is 0 Å². The predicted molar refractivity (Wildman–Crippen MR) is 101 cm³/mol. The molecule has 0 saturated heterocycles. The molecular weight excluding hydrogens is 356 g/mol. The van der Waals surface area contributed by atoms with Crippen molar-refractivity contribution in [3.05, 3.63) is 53.6 Å². The molecule has 1 aliphatic carbocycles. The number of halogens is 1. The molecule has 25 heavy (non-hydrogen) atoms. The van der Waals surface area contributed by atoms with Gasteiger partial charge in [0, 0.05) is 22.6 Å². The van der Waals surface area contributed by atoms with Gasteiger partial charge >= 0.3 is 0 Å². The van der Waals surface area contributed by atoms with E-state index in [9.17, 15) is 8.42 Å². The third kappa shape index (κ3) is 3.32. The van der Waals surface area contributed by atoms with E-state index in [0.717, 1.165) is 47.8 Å². The summed E-state index contributed by atoms with van der Waals surface area (Å²) in [5.74, 6) is 0. The summed E-state index contributed by atoms with van der Waals surface area (Å²) in [6, 6.07) is 15.1. The SMILES string of the molecule is O=S(=O)(NC1CCCC1)c1cc(-c2cc3ccccc3[nH]2)ccc1Cl. The van der Waals surface area contributed by atoms with Crippen LogP contribution in [-0.4, -0.2) is 19.4 Å². The molecule has 0 aliphatic heterocycles. The van der Waals surface area contributed by atoms with Crippen molar-refractivity contribution in [2.24, 2.45) is 0 Å². The van der Waals surface area contributed by atoms with Crippen LogP contribution in [0.15, 0.2) is 53.4 Å². The number of H-pyrrole nitrogens is 1. The number of para-hydroxylation sites is 1. The molecule has 3 aromatic rings. The Kier molecular flexibility index (Phi) is 4.31. The third-order valence-electron chi connectivity index (χ3n) is 4.74. The van der Waals surface area contributed by atoms with Crippen LogP contribution in [0.5, 0.6) is 0 Å². The molecule has 6 heteroatoms. The first-order chi connectivity index (χ1) is 12.0. The number of benzene rings is 2. The summed E-state index contributed by atoms with van der Waals surface area (Å²) >= 11 is 6.20. The number of hydrogen-bond acceptors (Lipinski definition) is 2. The van der Waals surface area contributed by atoms with Crippen molar-refractivity contribution in [1.82, 2.24) is 9.71 Å². The molecule has 1 heterocycles. The Morgan fingerprint density at radius 2 is 1.80 bits per heavy atom. The minimum Gasteiger partial charge on any atom is -0.355 e. The van der Waals surface area contributed by atoms with Crippen LogP contribution in [0.4, 0.5) is 0 Å². The lowest BCUT2D eigenvalue weighted by molar-refractivity contribution is 0.552. The maximum Gasteiger partial charge on any atom is 0.242 e. The number of fused-ring (bicyclic) bond motifs is 1. The van der Waals surface area contributed by atoms with Crippen molar-refractivity contribution in [2.75, 3.05) is 0 Å². The highest BCUT2D eigenvalue weighted by atomic mass is 35.5. The lowest BCUT2D eigenvalue weighted by atomic mass is 10.1. The van der Waals surface area contributed by atoms with Gasteiger partial charge in [0.15, 0.2) is 0 Å². The number of aromatic nitrogens is 1. The number of nitrogens with one attached hydrogen (secondary N) is 2. The van der Waals surface area contributed by atoms with Crippen molar-refractivity contribution in [1.29, 1.82) is 0 Å². The molecule has 4 nitrogen and oxygen atoms in total. The van der Waals surface area contributed by atoms with Crippen LogP contribution in [0.2, 0.25) is 5.02 Å². The zero-order valence-corrected chi connectivity index (χ0v) is 15.2. The fourth-order valence-electron chi connectivity index (χ4n) is 3.43. The fraction of sp³-hybridized carbons (Fsp3) is 0.263. The molecule has 0 unspecified atom stereocenters. The second-order valence-corrected chi connectivity index (χ2v) is 8.61. The van der Waals surface area contributed by atoms with E-state index in [1.807, 2.05) is 36.4 Å². The van der Waals surface area contributed by atoms with Crippen LogP contribution in [0, 0.1) is 0 Å². The topological polar surface area (TPSA) is 62.0 Å². The molecule has 2 N–H and O–H groups in total. The smallest absolute Gasteiger partial charge is 0.242 e. The number of aromatic amines is 1. The average Bonchev–Trinajstić information content (AvgIpc) is 3.23. The normalized spacial score (nSPS) is 15.9. The van der Waals surface area contributed by atoms with E-state index in [2.05, 4.69) is 9.71 Å². The van der Waals surface area contributed by atoms with Gasteiger partial charge in [0.1, 0.15) is 4.90 Å². The van der Waals surface area contributed by atoms with Crippen molar-refractivity contribution in [2.45, 2.75) is 36.6 Å². The molecule has 1 aromatic heterocycles. The summed E-state index contributed by atoms with van der Waals surface area (Å²) in [4.78, 5) is 3.46. The molecule has 4 rings (SSSR count). The van der Waals surface area contributed by atoms with Gasteiger partial charge < -0.3 is 4.98 Å². The van der Waals surface area contributed by atoms with Gasteiger partial charge in [-0.25, -0.2) is 13.1 Å². The second kappa shape index (κ2) is 6.48. The van der Waals surface area contributed by atoms with Crippen LogP contribution in [0.3, 0.4) is 0 Å². The zero-order chi connectivity index (χ0) is 17.4. The van der Waals surface area contributed by atoms with E-state index in [-0.39, 0.29) is 16.0 Å². The molecular formula is C19H19ClN2O2S. The van der Waals surface area contributed by atoms with Crippen molar-refractivity contribution in [3.63, 3.8) is 0 Å². The summed E-state index contributed by atoms with van der Waals surface area (Å²) in [6.45, 7) is 0. The van der Waals surface area contributed by atoms with Gasteiger partial charge in [-0.05, 0) is 42.7 Å². The summed E-state index contributed by atoms with van der Waals surface area (Å²) in [6.07, 6.45) is 3.91. The quantitative estimate of drug-likeness (QED) is 0.694. The van der Waals surface area contributed by atoms with E-state index >= 15 is 0 Å². The minimum atomic E-state index is -3.63. The predicted octanol–water partition coefficient (Wildman–Crippen LogP) is 4.71. The summed E-state index contributed by atoms with van der Waals surface area (Å²) < 4.78 is 28.3. The lowest BCUT2D eigenvalue weighted by Gasteiger charge is -2.14. The van der Waals surface area contributed by atoms with Gasteiger partial charge in [-0.15, -0.1) is 0 Å². The van der Waals surface area contributed by atoms with Crippen LogP contribution >= 0.6 is 11.6 Å². The van der Waals surface area contributed by atoms with E-state index < -0.39 is 10.0 Å². The Morgan fingerprint density at radius 1 is 1.04 bits per heavy atom. The van der Waals surface area contributed by atoms with Crippen molar-refractivity contribution < 1.29 is 8.42 Å². The molecule has 0 radical (unpaired) electrons. The average molecular weight is 375 g/mol. The molecule has 0 bridgehead atoms. The van der Waals surface area contributed by atoms with Gasteiger partial charge in [0.25, 0.3) is 0 Å². The van der Waals surface area contributed by atoms with Gasteiger partial charge in [0.05, 0.1) is 5.02 Å². The first-order valence-electron chi connectivity index (χ1n) is 8.43. The highest BCUT2D eigenvalue weighted by Crippen LogP contribution is 2.30. The first-order valence-corrected chi connectivity index (χ1v) is 10.3. The maximum absolute atomic E-state index is 12.8. The van der Waals surface area contributed by atoms with Crippen LogP contribution in [0.25, 0.3) is 22.2 Å². The number of hydrogen-bond donors (Lipinski definition) is 2. The number of rotatable bonds is 4. The van der Waals surface area contributed by atoms with Gasteiger partial charge in [-0.1, -0.05) is 48.7 Å². The summed E-state index contributed by atoms with van der Waals surface area (Å²) in [7, 11) is -3.63. The maximum atomic E-state index is 12.8. The van der Waals surface area contributed by atoms with E-state index in [4.69, 9.17) is 11.6 Å². The Labute approximate surface area is 152 Å². The minimum absolute atomic E-state index is 0.0119. The van der Waals surface area contributed by atoms with Gasteiger partial charge in [0.2, 0.25) is 10.0 Å². The van der Waals surface area contributed by atoms with Crippen LogP contribution in [0.1, 0.15) is 25.7 Å². The molecule has 0 atom stereocenters. The van der Waals surface area contributed by atoms with Crippen molar-refractivity contribution >= 4 is 32.5 Å². The summed E-state index contributed by atoms with van der Waals surface area (Å²) in [5, 5.41) is 1.33. The molecule has 130 valence electrons. The molecule has 2 aromatic carbocycles. The van der Waals surface area contributed by atoms with E-state index in [1.54, 1.807) is 12.1 Å². The highest BCUT2D eigenvalue weighted by molar-refractivity contribution is 7.89. The first kappa shape index (κ1) is 16.6. The standard InChI is InChI=1S/C19H19ClN2O2S/c20-16-10-9-14(18-11-13-5-1-4-8-17(13)21-18)12-19(16)25(23,24)22-15-6-2-3-7-15/h1,4-5,8-12,15,21-22H,2-3,6-7H2. The Balaban J connectivity index is 1.72. The Hall–Kier alpha value is -1.82. The Bertz CT molecular complexity index is 988. The molecule has 0 amide bonds. The molecule has 1 fully saturated rings. The highest BCUT2D eigenvalue weighted by Gasteiger charge is 2.25. The number of sulfonamides is 1. The largest absolute Gasteiger partial charge is 0.355 e. The zero-order valence-electron chi connectivity index (χ0n) is 13.6. The molecule has 1 aliphatic rings. The molecule has 0 spiro atoms. The monoisotopic (exact) mass is 374 g/mol. The lowest BCUT2D eigenvalue weighted by Crippen LogP contribution is -2.32. The second-order valence-electron chi connectivity index (χ2n) is 6.52. The van der Waals surface area contributed by atoms with Crippen molar-refractivity contribution in [3.8, 4) is 11.3 Å². The van der Waals surface area contributed by atoms with Gasteiger partial charge in [-0.2, -0.15) is 0 Å². The van der Waals surface area contributed by atoms with Crippen LogP contribution < -0.4 is 4.72 Å². The van der Waals surface area contributed by atoms with Gasteiger partial charge in [-0.3, -0.25) is 0 Å². The van der Waals surface area contributed by atoms with Crippen LogP contribution in [-0.2, 0) is 10.0 Å². The van der Waals surface area contributed by atoms with E-state index in [0.29, 0.717) is 0 Å². The summed E-state index contributed by atoms with van der Waals surface area (Å²) in [5.41, 5.74) is 2.68. The Morgan fingerprint density at radius 3 is 2.56 bits per heavy atom. The fourth-order valence-corrected chi connectivity index (χ4v) is 5.26. The molecule has 1 saturated carbocycles. The third-order valence-corrected chi connectivity index (χ3v) is 6.74.